The van der Waals surface area contributed by atoms with E-state index in [1.807, 2.05) is 38.1 Å². The third-order valence-corrected chi connectivity index (χ3v) is 3.55. The Bertz CT molecular complexity index is 842. The summed E-state index contributed by atoms with van der Waals surface area (Å²) < 4.78 is 0. The molecule has 2 aromatic heterocycles. The highest BCUT2D eigenvalue weighted by molar-refractivity contribution is 5.92. The van der Waals surface area contributed by atoms with Crippen LogP contribution in [0, 0.1) is 13.8 Å². The largest absolute Gasteiger partial charge is 0.347 e. The molecule has 6 nitrogen and oxygen atoms in total. The molecule has 126 valence electrons. The molecule has 0 saturated carbocycles. The minimum atomic E-state index is -0.269. The maximum absolute atomic E-state index is 12.1. The van der Waals surface area contributed by atoms with Crippen LogP contribution in [0.3, 0.4) is 0 Å². The second-order valence-corrected chi connectivity index (χ2v) is 5.83. The highest BCUT2D eigenvalue weighted by atomic mass is 16.1. The van der Waals surface area contributed by atoms with Gasteiger partial charge in [0.25, 0.3) is 5.91 Å². The Balaban J connectivity index is 1.62. The number of nitrogens with one attached hydrogen (secondary N) is 2. The van der Waals surface area contributed by atoms with Crippen LogP contribution in [0.1, 0.15) is 27.2 Å². The molecule has 0 fully saturated rings. The van der Waals surface area contributed by atoms with Crippen molar-refractivity contribution in [3.63, 3.8) is 0 Å². The number of hydrogen-bond acceptors (Lipinski definition) is 5. The molecule has 6 heteroatoms. The zero-order valence-corrected chi connectivity index (χ0v) is 14.2. The SMILES string of the molecule is Cc1cc(C)cc(Nc2cnc(C(=O)NCc3cccnc3)cn2)c1. The van der Waals surface area contributed by atoms with Crippen LogP contribution in [-0.2, 0) is 6.54 Å². The number of carbonyl (C=O) groups excluding carboxylic acids is 1. The smallest absolute Gasteiger partial charge is 0.271 e. The Morgan fingerprint density at radius 2 is 1.84 bits per heavy atom. The lowest BCUT2D eigenvalue weighted by Crippen LogP contribution is -2.24. The molecule has 0 unspecified atom stereocenters. The third kappa shape index (κ3) is 4.60. The van der Waals surface area contributed by atoms with Crippen LogP contribution in [0.4, 0.5) is 11.5 Å². The molecule has 2 heterocycles. The quantitative estimate of drug-likeness (QED) is 0.750. The third-order valence-electron chi connectivity index (χ3n) is 3.55. The molecule has 3 rings (SSSR count). The maximum Gasteiger partial charge on any atom is 0.271 e. The predicted molar refractivity (Wildman–Crippen MR) is 96.6 cm³/mol. The minimum absolute atomic E-state index is 0.269. The first kappa shape index (κ1) is 16.6. The normalized spacial score (nSPS) is 10.3. The summed E-state index contributed by atoms with van der Waals surface area (Å²) in [5, 5.41) is 5.99. The summed E-state index contributed by atoms with van der Waals surface area (Å²) in [6, 6.07) is 9.89. The van der Waals surface area contributed by atoms with E-state index in [1.54, 1.807) is 18.6 Å². The number of rotatable bonds is 5. The van der Waals surface area contributed by atoms with Crippen LogP contribution in [0.2, 0.25) is 0 Å². The van der Waals surface area contributed by atoms with Gasteiger partial charge >= 0.3 is 0 Å². The van der Waals surface area contributed by atoms with E-state index in [4.69, 9.17) is 0 Å². The van der Waals surface area contributed by atoms with Crippen LogP contribution in [0.25, 0.3) is 0 Å². The topological polar surface area (TPSA) is 79.8 Å². The van der Waals surface area contributed by atoms with Gasteiger partial charge in [0.1, 0.15) is 11.5 Å². The highest BCUT2D eigenvalue weighted by Crippen LogP contribution is 2.17. The summed E-state index contributed by atoms with van der Waals surface area (Å²) in [4.78, 5) is 24.6. The van der Waals surface area contributed by atoms with Crippen molar-refractivity contribution in [2.24, 2.45) is 0 Å². The van der Waals surface area contributed by atoms with Gasteiger partial charge in [0.15, 0.2) is 0 Å². The van der Waals surface area contributed by atoms with Gasteiger partial charge in [-0.1, -0.05) is 12.1 Å². The molecule has 1 aromatic carbocycles. The predicted octanol–water partition coefficient (Wildman–Crippen LogP) is 3.16. The van der Waals surface area contributed by atoms with E-state index in [1.165, 1.54) is 17.3 Å². The van der Waals surface area contributed by atoms with E-state index in [2.05, 4.69) is 31.7 Å². The number of hydrogen-bond donors (Lipinski definition) is 2. The van der Waals surface area contributed by atoms with Crippen LogP contribution in [-0.4, -0.2) is 20.9 Å². The number of aromatic nitrogens is 3. The molecule has 1 amide bonds. The highest BCUT2D eigenvalue weighted by Gasteiger charge is 2.08. The number of anilines is 2. The first-order chi connectivity index (χ1) is 12.1. The molecule has 0 bridgehead atoms. The molecular formula is C19H19N5O. The van der Waals surface area contributed by atoms with Gasteiger partial charge in [0, 0.05) is 24.6 Å². The molecular weight excluding hydrogens is 314 g/mol. The number of aryl methyl sites for hydroxylation is 2. The second kappa shape index (κ2) is 7.53. The lowest BCUT2D eigenvalue weighted by molar-refractivity contribution is 0.0945. The van der Waals surface area contributed by atoms with E-state index in [0.717, 1.165) is 11.3 Å². The van der Waals surface area contributed by atoms with Gasteiger partial charge in [0.2, 0.25) is 0 Å². The minimum Gasteiger partial charge on any atom is -0.347 e. The molecule has 0 aliphatic carbocycles. The summed E-state index contributed by atoms with van der Waals surface area (Å²) in [5.41, 5.74) is 4.48. The number of benzene rings is 1. The Labute approximate surface area is 146 Å². The number of amides is 1. The summed E-state index contributed by atoms with van der Waals surface area (Å²) in [7, 11) is 0. The fourth-order valence-corrected chi connectivity index (χ4v) is 2.48. The van der Waals surface area contributed by atoms with Crippen LogP contribution < -0.4 is 10.6 Å². The Hall–Kier alpha value is -3.28. The van der Waals surface area contributed by atoms with Gasteiger partial charge in [-0.15, -0.1) is 0 Å². The molecule has 25 heavy (non-hydrogen) atoms. The summed E-state index contributed by atoms with van der Waals surface area (Å²) in [6.07, 6.45) is 6.42. The average molecular weight is 333 g/mol. The number of pyridine rings is 1. The molecule has 2 N–H and O–H groups in total. The van der Waals surface area contributed by atoms with Crippen molar-refractivity contribution in [1.82, 2.24) is 20.3 Å². The molecule has 0 atom stereocenters. The molecule has 0 aliphatic heterocycles. The Morgan fingerprint density at radius 1 is 1.04 bits per heavy atom. The van der Waals surface area contributed by atoms with Crippen molar-refractivity contribution < 1.29 is 4.79 Å². The van der Waals surface area contributed by atoms with Crippen LogP contribution in [0.5, 0.6) is 0 Å². The van der Waals surface area contributed by atoms with Gasteiger partial charge in [-0.25, -0.2) is 9.97 Å². The van der Waals surface area contributed by atoms with Gasteiger partial charge in [-0.3, -0.25) is 9.78 Å². The fourth-order valence-electron chi connectivity index (χ4n) is 2.48. The van der Waals surface area contributed by atoms with Gasteiger partial charge in [-0.2, -0.15) is 0 Å². The molecule has 0 saturated heterocycles. The van der Waals surface area contributed by atoms with Crippen molar-refractivity contribution in [1.29, 1.82) is 0 Å². The van der Waals surface area contributed by atoms with Gasteiger partial charge in [-0.05, 0) is 48.7 Å². The second-order valence-electron chi connectivity index (χ2n) is 5.83. The first-order valence-electron chi connectivity index (χ1n) is 7.94. The standard InChI is InChI=1S/C19H19N5O/c1-13-6-14(2)8-16(7-13)24-18-12-21-17(11-22-18)19(25)23-10-15-4-3-5-20-9-15/h3-9,11-12H,10H2,1-2H3,(H,22,24)(H,23,25). The Kier molecular flexibility index (Phi) is 4.99. The number of carbonyl (C=O) groups is 1. The first-order valence-corrected chi connectivity index (χ1v) is 7.94. The lowest BCUT2D eigenvalue weighted by Gasteiger charge is -2.08. The molecule has 0 radical (unpaired) electrons. The van der Waals surface area contributed by atoms with Crippen molar-refractivity contribution in [2.75, 3.05) is 5.32 Å². The summed E-state index contributed by atoms with van der Waals surface area (Å²) in [5.74, 6) is 0.322. The van der Waals surface area contributed by atoms with E-state index < -0.39 is 0 Å². The molecule has 0 aliphatic rings. The molecule has 0 spiro atoms. The zero-order chi connectivity index (χ0) is 17.6. The number of nitrogens with zero attached hydrogens (tertiary/aromatic N) is 3. The van der Waals surface area contributed by atoms with Crippen LogP contribution in [0.15, 0.2) is 55.1 Å². The maximum atomic E-state index is 12.1. The summed E-state index contributed by atoms with van der Waals surface area (Å²) >= 11 is 0. The monoisotopic (exact) mass is 333 g/mol. The zero-order valence-electron chi connectivity index (χ0n) is 14.2. The van der Waals surface area contributed by atoms with Crippen molar-refractivity contribution in [3.05, 3.63) is 77.5 Å². The van der Waals surface area contributed by atoms with Crippen molar-refractivity contribution >= 4 is 17.4 Å². The van der Waals surface area contributed by atoms with Gasteiger partial charge in [0.05, 0.1) is 12.4 Å². The fraction of sp³-hybridized carbons (Fsp3) is 0.158. The van der Waals surface area contributed by atoms with Crippen LogP contribution >= 0.6 is 0 Å². The van der Waals surface area contributed by atoms with Crippen molar-refractivity contribution in [2.45, 2.75) is 20.4 Å². The summed E-state index contributed by atoms with van der Waals surface area (Å²) in [6.45, 7) is 4.48. The van der Waals surface area contributed by atoms with E-state index >= 15 is 0 Å². The van der Waals surface area contributed by atoms with E-state index in [9.17, 15) is 4.79 Å². The Morgan fingerprint density at radius 3 is 2.48 bits per heavy atom. The van der Waals surface area contributed by atoms with Crippen molar-refractivity contribution in [3.8, 4) is 0 Å². The molecule has 3 aromatic rings. The van der Waals surface area contributed by atoms with Gasteiger partial charge < -0.3 is 10.6 Å². The van der Waals surface area contributed by atoms with E-state index in [0.29, 0.717) is 12.4 Å². The average Bonchev–Trinajstić information content (AvgIpc) is 2.60. The van der Waals surface area contributed by atoms with E-state index in [-0.39, 0.29) is 11.6 Å². The lowest BCUT2D eigenvalue weighted by atomic mass is 10.1.